The molecule has 1 amide bonds. The van der Waals surface area contributed by atoms with Crippen molar-refractivity contribution in [1.82, 2.24) is 4.90 Å². The summed E-state index contributed by atoms with van der Waals surface area (Å²) in [6, 6.07) is 0. The third-order valence-corrected chi connectivity index (χ3v) is 0.630. The maximum absolute atomic E-state index is 10.1. The molecule has 0 saturated heterocycles. The van der Waals surface area contributed by atoms with Gasteiger partial charge in [0.25, 0.3) is 0 Å². The summed E-state index contributed by atoms with van der Waals surface area (Å²) in [6.45, 7) is 1.53. The highest BCUT2D eigenvalue weighted by Gasteiger charge is 1.87. The molecule has 0 rings (SSSR count). The van der Waals surface area contributed by atoms with E-state index in [1.807, 2.05) is 0 Å². The van der Waals surface area contributed by atoms with Crippen molar-refractivity contribution in [3.8, 4) is 0 Å². The van der Waals surface area contributed by atoms with Gasteiger partial charge in [-0.1, -0.05) is 0 Å². The number of hydrogen-bond acceptors (Lipinski definition) is 2. The van der Waals surface area contributed by atoms with Gasteiger partial charge in [0, 0.05) is 21.0 Å². The van der Waals surface area contributed by atoms with Crippen LogP contribution >= 0.6 is 0 Å². The maximum atomic E-state index is 10.1. The first-order valence-corrected chi connectivity index (χ1v) is 2.40. The van der Waals surface area contributed by atoms with Crippen LogP contribution in [-0.4, -0.2) is 32.0 Å². The Balaban J connectivity index is 0. The monoisotopic (exact) mass is 118 g/mol. The molecule has 0 bridgehead atoms. The molecule has 0 aliphatic heterocycles. The zero-order chi connectivity index (χ0) is 7.15. The minimum absolute atomic E-state index is 0.0926. The number of amides is 1. The van der Waals surface area contributed by atoms with E-state index >= 15 is 0 Å². The summed E-state index contributed by atoms with van der Waals surface area (Å²) in [7, 11) is 4.95. The second-order valence-electron chi connectivity index (χ2n) is 1.41. The van der Waals surface area contributed by atoms with Gasteiger partial charge in [0.15, 0.2) is 0 Å². The van der Waals surface area contributed by atoms with Gasteiger partial charge in [-0.25, -0.2) is 0 Å². The second-order valence-corrected chi connectivity index (χ2v) is 1.41. The summed E-state index contributed by atoms with van der Waals surface area (Å²) < 4.78 is 0. The molecular weight excluding hydrogens is 104 g/mol. The number of nitrogens with zero attached hydrogens (tertiary/aromatic N) is 1. The van der Waals surface area contributed by atoms with Crippen molar-refractivity contribution in [1.29, 1.82) is 0 Å². The zero-order valence-electron chi connectivity index (χ0n) is 5.93. The van der Waals surface area contributed by atoms with Crippen LogP contribution in [0.5, 0.6) is 0 Å². The van der Waals surface area contributed by atoms with Gasteiger partial charge in [-0.2, -0.15) is 0 Å². The SMILES string of the molecule is CC(=O)N(C)C.CN. The van der Waals surface area contributed by atoms with E-state index in [0.717, 1.165) is 0 Å². The van der Waals surface area contributed by atoms with E-state index in [0.29, 0.717) is 0 Å². The minimum atomic E-state index is 0.0926. The fraction of sp³-hybridized carbons (Fsp3) is 0.800. The average molecular weight is 118 g/mol. The standard InChI is InChI=1S/C4H9NO.CH5N/c1-4(6)5(2)3;1-2/h1-3H3;2H2,1H3. The van der Waals surface area contributed by atoms with Crippen molar-refractivity contribution >= 4 is 5.91 Å². The molecule has 0 spiro atoms. The van der Waals surface area contributed by atoms with Gasteiger partial charge in [0.1, 0.15) is 0 Å². The van der Waals surface area contributed by atoms with Gasteiger partial charge in [0.05, 0.1) is 0 Å². The van der Waals surface area contributed by atoms with Crippen LogP contribution in [0, 0.1) is 0 Å². The van der Waals surface area contributed by atoms with Crippen molar-refractivity contribution in [3.05, 3.63) is 0 Å². The third-order valence-electron chi connectivity index (χ3n) is 0.630. The van der Waals surface area contributed by atoms with E-state index < -0.39 is 0 Å². The zero-order valence-corrected chi connectivity index (χ0v) is 5.93. The Labute approximate surface area is 50.5 Å². The Morgan fingerprint density at radius 3 is 1.50 bits per heavy atom. The van der Waals surface area contributed by atoms with E-state index in [4.69, 9.17) is 0 Å². The molecule has 2 N–H and O–H groups in total. The van der Waals surface area contributed by atoms with Crippen LogP contribution in [-0.2, 0) is 4.79 Å². The summed E-state index contributed by atoms with van der Waals surface area (Å²) in [4.78, 5) is 11.6. The largest absolute Gasteiger partial charge is 0.349 e. The lowest BCUT2D eigenvalue weighted by molar-refractivity contribution is -0.126. The first-order chi connectivity index (χ1) is 3.64. The van der Waals surface area contributed by atoms with Crippen molar-refractivity contribution in [2.45, 2.75) is 6.92 Å². The molecule has 0 aromatic rings. The summed E-state index contributed by atoms with van der Waals surface area (Å²) in [6.07, 6.45) is 0. The highest BCUT2D eigenvalue weighted by molar-refractivity contribution is 5.72. The molecule has 0 aromatic heterocycles. The average Bonchev–Trinajstić information content (AvgIpc) is 1.72. The molecule has 0 unspecified atom stereocenters. The van der Waals surface area contributed by atoms with E-state index in [1.165, 1.54) is 18.9 Å². The first kappa shape index (κ1) is 10.4. The smallest absolute Gasteiger partial charge is 0.218 e. The van der Waals surface area contributed by atoms with Gasteiger partial charge >= 0.3 is 0 Å². The van der Waals surface area contributed by atoms with Crippen molar-refractivity contribution in [3.63, 3.8) is 0 Å². The fourth-order valence-electron chi connectivity index (χ4n) is 0. The van der Waals surface area contributed by atoms with Crippen molar-refractivity contribution in [2.75, 3.05) is 21.1 Å². The van der Waals surface area contributed by atoms with Gasteiger partial charge < -0.3 is 10.6 Å². The van der Waals surface area contributed by atoms with Crippen LogP contribution in [0.2, 0.25) is 0 Å². The van der Waals surface area contributed by atoms with Crippen LogP contribution < -0.4 is 5.73 Å². The lowest BCUT2D eigenvalue weighted by Gasteiger charge is -2.02. The number of rotatable bonds is 0. The predicted molar refractivity (Wildman–Crippen MR) is 34.5 cm³/mol. The van der Waals surface area contributed by atoms with E-state index in [-0.39, 0.29) is 5.91 Å². The van der Waals surface area contributed by atoms with E-state index in [1.54, 1.807) is 14.1 Å². The summed E-state index contributed by atoms with van der Waals surface area (Å²) in [5.41, 5.74) is 4.50. The predicted octanol–water partition coefficient (Wildman–Crippen LogP) is -0.331. The Morgan fingerprint density at radius 1 is 1.38 bits per heavy atom. The number of carbonyl (C=O) groups is 1. The van der Waals surface area contributed by atoms with E-state index in [2.05, 4.69) is 5.73 Å². The molecule has 0 heterocycles. The third kappa shape index (κ3) is 9.06. The lowest BCUT2D eigenvalue weighted by atomic mass is 10.7. The van der Waals surface area contributed by atoms with Crippen LogP contribution in [0.15, 0.2) is 0 Å². The van der Waals surface area contributed by atoms with Gasteiger partial charge in [-0.15, -0.1) is 0 Å². The highest BCUT2D eigenvalue weighted by Crippen LogP contribution is 1.69. The minimum Gasteiger partial charge on any atom is -0.349 e. The molecule has 0 aliphatic carbocycles. The van der Waals surface area contributed by atoms with E-state index in [9.17, 15) is 4.79 Å². The Morgan fingerprint density at radius 2 is 1.50 bits per heavy atom. The summed E-state index contributed by atoms with van der Waals surface area (Å²) in [5, 5.41) is 0. The normalized spacial score (nSPS) is 6.62. The second kappa shape index (κ2) is 6.43. The summed E-state index contributed by atoms with van der Waals surface area (Å²) in [5.74, 6) is 0.0926. The molecule has 0 atom stereocenters. The topological polar surface area (TPSA) is 46.3 Å². The van der Waals surface area contributed by atoms with Gasteiger partial charge in [-0.05, 0) is 7.05 Å². The quantitative estimate of drug-likeness (QED) is 0.473. The Hall–Kier alpha value is -0.570. The number of hydrogen-bond donors (Lipinski definition) is 1. The molecular formula is C5H14N2O. The Kier molecular flexibility index (Phi) is 8.37. The fourth-order valence-corrected chi connectivity index (χ4v) is 0. The molecule has 0 fully saturated rings. The van der Waals surface area contributed by atoms with Crippen LogP contribution in [0.25, 0.3) is 0 Å². The molecule has 8 heavy (non-hydrogen) atoms. The van der Waals surface area contributed by atoms with Gasteiger partial charge in [-0.3, -0.25) is 4.79 Å². The lowest BCUT2D eigenvalue weighted by Crippen LogP contribution is -2.17. The summed E-state index contributed by atoms with van der Waals surface area (Å²) >= 11 is 0. The maximum Gasteiger partial charge on any atom is 0.218 e. The van der Waals surface area contributed by atoms with Gasteiger partial charge in [0.2, 0.25) is 5.91 Å². The Bertz CT molecular complexity index is 61.4. The van der Waals surface area contributed by atoms with Crippen LogP contribution in [0.1, 0.15) is 6.92 Å². The van der Waals surface area contributed by atoms with Crippen molar-refractivity contribution < 1.29 is 4.79 Å². The molecule has 3 nitrogen and oxygen atoms in total. The molecule has 50 valence electrons. The molecule has 0 radical (unpaired) electrons. The first-order valence-electron chi connectivity index (χ1n) is 2.40. The number of nitrogens with two attached hydrogens (primary N) is 1. The molecule has 0 aromatic carbocycles. The van der Waals surface area contributed by atoms with Crippen molar-refractivity contribution in [2.24, 2.45) is 5.73 Å². The molecule has 3 heteroatoms. The van der Waals surface area contributed by atoms with Crippen LogP contribution in [0.4, 0.5) is 0 Å². The molecule has 0 saturated carbocycles. The molecule has 0 aliphatic rings. The number of carbonyl (C=O) groups excluding carboxylic acids is 1. The highest BCUT2D eigenvalue weighted by atomic mass is 16.2. The van der Waals surface area contributed by atoms with Crippen LogP contribution in [0.3, 0.4) is 0 Å².